The molecule has 0 spiro atoms. The predicted molar refractivity (Wildman–Crippen MR) is 182 cm³/mol. The van der Waals surface area contributed by atoms with Crippen molar-refractivity contribution < 1.29 is 0 Å². The lowest BCUT2D eigenvalue weighted by Crippen LogP contribution is -2.00. The van der Waals surface area contributed by atoms with Gasteiger partial charge in [0.1, 0.15) is 0 Å². The van der Waals surface area contributed by atoms with Crippen LogP contribution in [0, 0.1) is 0 Å². The molecule has 43 heavy (non-hydrogen) atoms. The van der Waals surface area contributed by atoms with Crippen LogP contribution in [-0.2, 0) is 0 Å². The van der Waals surface area contributed by atoms with Gasteiger partial charge < -0.3 is 0 Å². The second-order valence-electron chi connectivity index (χ2n) is 10.9. The average Bonchev–Trinajstić information content (AvgIpc) is 3.45. The van der Waals surface area contributed by atoms with E-state index in [9.17, 15) is 0 Å². The summed E-state index contributed by atoms with van der Waals surface area (Å²) in [6.07, 6.45) is 0. The van der Waals surface area contributed by atoms with Crippen molar-refractivity contribution >= 4 is 63.8 Å². The van der Waals surface area contributed by atoms with E-state index in [0.717, 1.165) is 27.5 Å². The van der Waals surface area contributed by atoms with Crippen LogP contribution in [0.3, 0.4) is 0 Å². The quantitative estimate of drug-likeness (QED) is 0.200. The third-order valence-corrected chi connectivity index (χ3v) is 9.42. The van der Waals surface area contributed by atoms with Gasteiger partial charge in [0.05, 0.1) is 0 Å². The van der Waals surface area contributed by atoms with Crippen LogP contribution in [-0.4, -0.2) is 15.0 Å². The van der Waals surface area contributed by atoms with Crippen LogP contribution >= 0.6 is 11.3 Å². The zero-order chi connectivity index (χ0) is 28.3. The Morgan fingerprint density at radius 2 is 0.814 bits per heavy atom. The third-order valence-electron chi connectivity index (χ3n) is 8.28. The molecule has 0 amide bonds. The van der Waals surface area contributed by atoms with E-state index in [2.05, 4.69) is 140 Å². The Kier molecular flexibility index (Phi) is 5.37. The summed E-state index contributed by atoms with van der Waals surface area (Å²) in [7, 11) is 0. The highest BCUT2D eigenvalue weighted by atomic mass is 32.1. The number of hydrogen-bond donors (Lipinski definition) is 0. The lowest BCUT2D eigenvalue weighted by Gasteiger charge is -2.10. The summed E-state index contributed by atoms with van der Waals surface area (Å²) in [5, 5.41) is 9.77. The van der Waals surface area contributed by atoms with Crippen LogP contribution in [0.2, 0.25) is 0 Å². The van der Waals surface area contributed by atoms with Crippen LogP contribution in [0.4, 0.5) is 0 Å². The van der Waals surface area contributed by atoms with Gasteiger partial charge in [-0.1, -0.05) is 115 Å². The Hall–Kier alpha value is -5.45. The standard InChI is InChI=1S/C39H23N3S/c1-2-9-26-21-28(16-13-24(26)7-1)37-40-38(29-17-19-32-27(22-29)15-14-25-8-3-4-10-31(25)32)42-39(41-37)30-18-20-34-33-11-5-6-12-35(33)43-36(34)23-30/h1-23H. The van der Waals surface area contributed by atoms with Gasteiger partial charge in [-0.2, -0.15) is 0 Å². The molecule has 0 radical (unpaired) electrons. The highest BCUT2D eigenvalue weighted by Crippen LogP contribution is 2.37. The van der Waals surface area contributed by atoms with Crippen molar-refractivity contribution in [2.45, 2.75) is 0 Å². The van der Waals surface area contributed by atoms with Crippen molar-refractivity contribution in [2.24, 2.45) is 0 Å². The molecule has 0 atom stereocenters. The summed E-state index contributed by atoms with van der Waals surface area (Å²) in [6.45, 7) is 0. The second kappa shape index (κ2) is 9.55. The molecular weight excluding hydrogens is 543 g/mol. The third kappa shape index (κ3) is 4.07. The zero-order valence-corrected chi connectivity index (χ0v) is 23.8. The van der Waals surface area contributed by atoms with Crippen molar-refractivity contribution in [3.63, 3.8) is 0 Å². The minimum absolute atomic E-state index is 0.666. The molecule has 0 aliphatic rings. The number of fused-ring (bicyclic) bond motifs is 7. The van der Waals surface area contributed by atoms with Crippen LogP contribution in [0.25, 0.3) is 86.7 Å². The molecular formula is C39H23N3S. The number of benzene rings is 7. The van der Waals surface area contributed by atoms with E-state index in [1.165, 1.54) is 41.7 Å². The lowest BCUT2D eigenvalue weighted by molar-refractivity contribution is 1.08. The van der Waals surface area contributed by atoms with Crippen molar-refractivity contribution in [3.8, 4) is 34.2 Å². The molecule has 0 saturated carbocycles. The first-order valence-corrected chi connectivity index (χ1v) is 15.2. The minimum atomic E-state index is 0.666. The lowest BCUT2D eigenvalue weighted by atomic mass is 10.00. The van der Waals surface area contributed by atoms with Gasteiger partial charge in [0.25, 0.3) is 0 Å². The molecule has 200 valence electrons. The highest BCUT2D eigenvalue weighted by Gasteiger charge is 2.15. The number of hydrogen-bond acceptors (Lipinski definition) is 4. The molecule has 9 aromatic rings. The molecule has 0 unspecified atom stereocenters. The van der Waals surface area contributed by atoms with E-state index in [0.29, 0.717) is 17.5 Å². The fourth-order valence-electron chi connectivity index (χ4n) is 6.11. The molecule has 9 rings (SSSR count). The van der Waals surface area contributed by atoms with Crippen molar-refractivity contribution in [1.29, 1.82) is 0 Å². The van der Waals surface area contributed by atoms with Gasteiger partial charge in [0.15, 0.2) is 17.5 Å². The first-order valence-electron chi connectivity index (χ1n) is 14.4. The van der Waals surface area contributed by atoms with Crippen molar-refractivity contribution in [2.75, 3.05) is 0 Å². The Labute approximate surface area is 251 Å². The second-order valence-corrected chi connectivity index (χ2v) is 12.0. The number of thiophene rings is 1. The van der Waals surface area contributed by atoms with Gasteiger partial charge >= 0.3 is 0 Å². The Morgan fingerprint density at radius 3 is 1.60 bits per heavy atom. The van der Waals surface area contributed by atoms with E-state index in [1.807, 2.05) is 0 Å². The molecule has 0 bridgehead atoms. The van der Waals surface area contributed by atoms with Gasteiger partial charge in [-0.05, 0) is 56.6 Å². The van der Waals surface area contributed by atoms with E-state index >= 15 is 0 Å². The molecule has 7 aromatic carbocycles. The summed E-state index contributed by atoms with van der Waals surface area (Å²) < 4.78 is 2.51. The summed E-state index contributed by atoms with van der Waals surface area (Å²) in [4.78, 5) is 15.2. The number of nitrogens with zero attached hydrogens (tertiary/aromatic N) is 3. The van der Waals surface area contributed by atoms with Crippen molar-refractivity contribution in [3.05, 3.63) is 140 Å². The van der Waals surface area contributed by atoms with Gasteiger partial charge in [-0.25, -0.2) is 15.0 Å². The number of rotatable bonds is 3. The first-order chi connectivity index (χ1) is 21.3. The maximum atomic E-state index is 5.07. The molecule has 2 heterocycles. The van der Waals surface area contributed by atoms with Crippen molar-refractivity contribution in [1.82, 2.24) is 15.0 Å². The molecule has 4 heteroatoms. The SMILES string of the molecule is c1ccc2cc(-c3nc(-c4ccc5c(ccc6ccccc65)c4)nc(-c4ccc5c(c4)sc4ccccc45)n3)ccc2c1. The largest absolute Gasteiger partial charge is 0.208 e. The maximum Gasteiger partial charge on any atom is 0.164 e. The smallest absolute Gasteiger partial charge is 0.164 e. The Bertz CT molecular complexity index is 2530. The highest BCUT2D eigenvalue weighted by molar-refractivity contribution is 7.25. The summed E-state index contributed by atoms with van der Waals surface area (Å²) in [5.41, 5.74) is 2.92. The molecule has 0 fully saturated rings. The van der Waals surface area contributed by atoms with Crippen LogP contribution in [0.1, 0.15) is 0 Å². The predicted octanol–water partition coefficient (Wildman–Crippen LogP) is 10.7. The summed E-state index contributed by atoms with van der Waals surface area (Å²) in [5.74, 6) is 2.01. The number of aromatic nitrogens is 3. The Balaban J connectivity index is 1.25. The summed E-state index contributed by atoms with van der Waals surface area (Å²) >= 11 is 1.80. The summed E-state index contributed by atoms with van der Waals surface area (Å²) in [6, 6.07) is 49.3. The molecule has 2 aromatic heterocycles. The van der Waals surface area contributed by atoms with E-state index in [4.69, 9.17) is 15.0 Å². The van der Waals surface area contributed by atoms with E-state index in [1.54, 1.807) is 11.3 Å². The minimum Gasteiger partial charge on any atom is -0.208 e. The molecule has 0 aliphatic carbocycles. The van der Waals surface area contributed by atoms with Crippen LogP contribution in [0.5, 0.6) is 0 Å². The van der Waals surface area contributed by atoms with E-state index in [-0.39, 0.29) is 0 Å². The fourth-order valence-corrected chi connectivity index (χ4v) is 7.25. The zero-order valence-electron chi connectivity index (χ0n) is 23.0. The van der Waals surface area contributed by atoms with E-state index < -0.39 is 0 Å². The van der Waals surface area contributed by atoms with Gasteiger partial charge in [0.2, 0.25) is 0 Å². The first kappa shape index (κ1) is 24.2. The topological polar surface area (TPSA) is 38.7 Å². The van der Waals surface area contributed by atoms with Crippen LogP contribution in [0.15, 0.2) is 140 Å². The normalized spacial score (nSPS) is 11.7. The fraction of sp³-hybridized carbons (Fsp3) is 0. The molecule has 0 aliphatic heterocycles. The average molecular weight is 566 g/mol. The molecule has 0 N–H and O–H groups in total. The molecule has 0 saturated heterocycles. The van der Waals surface area contributed by atoms with Gasteiger partial charge in [-0.3, -0.25) is 0 Å². The maximum absolute atomic E-state index is 5.07. The van der Waals surface area contributed by atoms with Gasteiger partial charge in [0, 0.05) is 36.9 Å². The Morgan fingerprint density at radius 1 is 0.326 bits per heavy atom. The van der Waals surface area contributed by atoms with Crippen LogP contribution < -0.4 is 0 Å². The van der Waals surface area contributed by atoms with Gasteiger partial charge in [-0.15, -0.1) is 11.3 Å². The monoisotopic (exact) mass is 565 g/mol. The molecule has 3 nitrogen and oxygen atoms in total.